The van der Waals surface area contributed by atoms with E-state index in [-0.39, 0.29) is 4.75 Å². The van der Waals surface area contributed by atoms with E-state index in [1.807, 2.05) is 11.8 Å². The van der Waals surface area contributed by atoms with Gasteiger partial charge < -0.3 is 5.32 Å². The topological polar surface area (TPSA) is 37.8 Å². The van der Waals surface area contributed by atoms with Gasteiger partial charge in [0.1, 0.15) is 0 Å². The number of nitrogens with one attached hydrogen (secondary N) is 1. The zero-order valence-corrected chi connectivity index (χ0v) is 9.77. The van der Waals surface area contributed by atoms with Crippen LogP contribution in [0.4, 0.5) is 0 Å². The maximum absolute atomic E-state index is 4.19. The largest absolute Gasteiger partial charge is 0.310 e. The van der Waals surface area contributed by atoms with Crippen LogP contribution in [0.15, 0.2) is 18.6 Å². The second-order valence-electron chi connectivity index (χ2n) is 3.76. The predicted octanol–water partition coefficient (Wildman–Crippen LogP) is 1.71. The molecule has 0 saturated heterocycles. The van der Waals surface area contributed by atoms with E-state index >= 15 is 0 Å². The summed E-state index contributed by atoms with van der Waals surface area (Å²) in [4.78, 5) is 8.20. The van der Waals surface area contributed by atoms with E-state index in [0.29, 0.717) is 0 Å². The number of nitrogens with zero attached hydrogens (tertiary/aromatic N) is 2. The molecule has 4 heteroatoms. The molecule has 1 aromatic rings. The van der Waals surface area contributed by atoms with Crippen LogP contribution in [-0.4, -0.2) is 27.5 Å². The maximum atomic E-state index is 4.19. The molecule has 0 bridgehead atoms. The first kappa shape index (κ1) is 11.5. The van der Waals surface area contributed by atoms with Crippen molar-refractivity contribution in [1.29, 1.82) is 0 Å². The Balaban J connectivity index is 2.29. The van der Waals surface area contributed by atoms with Crippen LogP contribution in [0.1, 0.15) is 19.5 Å². The van der Waals surface area contributed by atoms with Crippen molar-refractivity contribution in [2.24, 2.45) is 0 Å². The van der Waals surface area contributed by atoms with Gasteiger partial charge in [-0.1, -0.05) is 0 Å². The molecule has 1 N–H and O–H groups in total. The molecule has 1 heterocycles. The summed E-state index contributed by atoms with van der Waals surface area (Å²) in [5.41, 5.74) is 0.990. The summed E-state index contributed by atoms with van der Waals surface area (Å²) in [7, 11) is 0. The fourth-order valence-electron chi connectivity index (χ4n) is 0.985. The summed E-state index contributed by atoms with van der Waals surface area (Å²) in [6.45, 7) is 6.21. The molecule has 0 unspecified atom stereocenters. The third-order valence-electron chi connectivity index (χ3n) is 2.03. The number of aromatic nitrogens is 2. The van der Waals surface area contributed by atoms with Crippen LogP contribution in [0, 0.1) is 0 Å². The van der Waals surface area contributed by atoms with E-state index in [1.54, 1.807) is 18.6 Å². The molecule has 0 saturated carbocycles. The van der Waals surface area contributed by atoms with Crippen molar-refractivity contribution in [1.82, 2.24) is 15.3 Å². The smallest absolute Gasteiger partial charge is 0.0724 e. The summed E-state index contributed by atoms with van der Waals surface area (Å²) in [6, 6.07) is 0. The Bertz CT molecular complexity index is 261. The van der Waals surface area contributed by atoms with E-state index in [4.69, 9.17) is 0 Å². The van der Waals surface area contributed by atoms with Crippen molar-refractivity contribution in [3.63, 3.8) is 0 Å². The minimum absolute atomic E-state index is 0.280. The predicted molar refractivity (Wildman–Crippen MR) is 61.3 cm³/mol. The molecule has 0 aromatic carbocycles. The highest BCUT2D eigenvalue weighted by molar-refractivity contribution is 7.99. The van der Waals surface area contributed by atoms with E-state index in [9.17, 15) is 0 Å². The molecule has 0 aliphatic carbocycles. The molecule has 0 atom stereocenters. The molecule has 78 valence electrons. The SMILES string of the molecule is CSC(C)(C)CNCc1cnccn1. The molecule has 0 spiro atoms. The van der Waals surface area contributed by atoms with Gasteiger partial charge in [-0.3, -0.25) is 9.97 Å². The Morgan fingerprint density at radius 1 is 1.43 bits per heavy atom. The van der Waals surface area contributed by atoms with Crippen LogP contribution in [0.25, 0.3) is 0 Å². The minimum Gasteiger partial charge on any atom is -0.310 e. The molecule has 0 aliphatic heterocycles. The summed E-state index contributed by atoms with van der Waals surface area (Å²) < 4.78 is 0.280. The lowest BCUT2D eigenvalue weighted by molar-refractivity contribution is 0.584. The van der Waals surface area contributed by atoms with Crippen molar-refractivity contribution < 1.29 is 0 Å². The Morgan fingerprint density at radius 2 is 2.21 bits per heavy atom. The Kier molecular flexibility index (Phi) is 4.35. The average molecular weight is 211 g/mol. The van der Waals surface area contributed by atoms with Crippen LogP contribution in [0.5, 0.6) is 0 Å². The van der Waals surface area contributed by atoms with Gasteiger partial charge in [0.2, 0.25) is 0 Å². The summed E-state index contributed by atoms with van der Waals surface area (Å²) in [6.07, 6.45) is 7.33. The second kappa shape index (κ2) is 5.32. The third-order valence-corrected chi connectivity index (χ3v) is 3.28. The maximum Gasteiger partial charge on any atom is 0.0724 e. The van der Waals surface area contributed by atoms with Gasteiger partial charge in [0.15, 0.2) is 0 Å². The summed E-state index contributed by atoms with van der Waals surface area (Å²) in [5.74, 6) is 0. The highest BCUT2D eigenvalue weighted by Gasteiger charge is 2.14. The van der Waals surface area contributed by atoms with E-state index in [1.165, 1.54) is 0 Å². The number of hydrogen-bond donors (Lipinski definition) is 1. The van der Waals surface area contributed by atoms with Crippen LogP contribution >= 0.6 is 11.8 Å². The van der Waals surface area contributed by atoms with Crippen molar-refractivity contribution in [2.75, 3.05) is 12.8 Å². The van der Waals surface area contributed by atoms with Crippen LogP contribution < -0.4 is 5.32 Å². The molecule has 1 aromatic heterocycles. The van der Waals surface area contributed by atoms with Gasteiger partial charge in [-0.2, -0.15) is 11.8 Å². The molecule has 0 aliphatic rings. The van der Waals surface area contributed by atoms with Crippen LogP contribution in [0.2, 0.25) is 0 Å². The van der Waals surface area contributed by atoms with Gasteiger partial charge in [-0.25, -0.2) is 0 Å². The molecular formula is C10H17N3S. The first-order chi connectivity index (χ1) is 6.64. The van der Waals surface area contributed by atoms with E-state index in [0.717, 1.165) is 18.8 Å². The third kappa shape index (κ3) is 4.07. The molecular weight excluding hydrogens is 194 g/mol. The van der Waals surface area contributed by atoms with Gasteiger partial charge in [-0.15, -0.1) is 0 Å². The lowest BCUT2D eigenvalue weighted by atomic mass is 10.2. The quantitative estimate of drug-likeness (QED) is 0.804. The highest BCUT2D eigenvalue weighted by Crippen LogP contribution is 2.19. The van der Waals surface area contributed by atoms with Crippen molar-refractivity contribution in [3.8, 4) is 0 Å². The fraction of sp³-hybridized carbons (Fsp3) is 0.600. The molecule has 3 nitrogen and oxygen atoms in total. The van der Waals surface area contributed by atoms with Gasteiger partial charge in [0.05, 0.1) is 5.69 Å². The monoisotopic (exact) mass is 211 g/mol. The summed E-state index contributed by atoms with van der Waals surface area (Å²) >= 11 is 1.86. The van der Waals surface area contributed by atoms with E-state index in [2.05, 4.69) is 35.4 Å². The Hall–Kier alpha value is -0.610. The lowest BCUT2D eigenvalue weighted by Crippen LogP contribution is -2.31. The zero-order chi connectivity index (χ0) is 10.4. The zero-order valence-electron chi connectivity index (χ0n) is 8.95. The van der Waals surface area contributed by atoms with Crippen LogP contribution in [0.3, 0.4) is 0 Å². The molecule has 0 amide bonds. The number of rotatable bonds is 5. The first-order valence-corrected chi connectivity index (χ1v) is 5.87. The van der Waals surface area contributed by atoms with Crippen molar-refractivity contribution >= 4 is 11.8 Å². The van der Waals surface area contributed by atoms with E-state index < -0.39 is 0 Å². The normalized spacial score (nSPS) is 11.6. The molecule has 0 radical (unpaired) electrons. The fourth-order valence-corrected chi connectivity index (χ4v) is 1.23. The van der Waals surface area contributed by atoms with Gasteiger partial charge >= 0.3 is 0 Å². The highest BCUT2D eigenvalue weighted by atomic mass is 32.2. The van der Waals surface area contributed by atoms with Gasteiger partial charge in [0, 0.05) is 36.4 Å². The second-order valence-corrected chi connectivity index (χ2v) is 5.28. The van der Waals surface area contributed by atoms with Gasteiger partial charge in [-0.05, 0) is 20.1 Å². The molecule has 14 heavy (non-hydrogen) atoms. The molecule has 1 rings (SSSR count). The first-order valence-electron chi connectivity index (χ1n) is 4.65. The minimum atomic E-state index is 0.280. The Morgan fingerprint density at radius 3 is 2.79 bits per heavy atom. The number of hydrogen-bond acceptors (Lipinski definition) is 4. The number of thioether (sulfide) groups is 1. The standard InChI is InChI=1S/C10H17N3S/c1-10(2,14-3)8-12-7-9-6-11-4-5-13-9/h4-6,12H,7-8H2,1-3H3. The lowest BCUT2D eigenvalue weighted by Gasteiger charge is -2.22. The average Bonchev–Trinajstić information content (AvgIpc) is 2.19. The Labute approximate surface area is 89.7 Å². The van der Waals surface area contributed by atoms with Gasteiger partial charge in [0.25, 0.3) is 0 Å². The van der Waals surface area contributed by atoms with Crippen molar-refractivity contribution in [2.45, 2.75) is 25.1 Å². The molecule has 0 fully saturated rings. The van der Waals surface area contributed by atoms with Crippen LogP contribution in [-0.2, 0) is 6.54 Å². The summed E-state index contributed by atoms with van der Waals surface area (Å²) in [5, 5.41) is 3.37. The van der Waals surface area contributed by atoms with Crippen molar-refractivity contribution in [3.05, 3.63) is 24.3 Å².